The Labute approximate surface area is 120 Å². The Morgan fingerprint density at radius 3 is 2.90 bits per heavy atom. The maximum Gasteiger partial charge on any atom is 0.234 e. The quantitative estimate of drug-likeness (QED) is 0.689. The summed E-state index contributed by atoms with van der Waals surface area (Å²) in [6.45, 7) is 3.97. The van der Waals surface area contributed by atoms with Crippen molar-refractivity contribution in [1.29, 1.82) is 0 Å². The molecule has 1 saturated carbocycles. The number of anilines is 1. The lowest BCUT2D eigenvalue weighted by atomic mass is 10.2. The van der Waals surface area contributed by atoms with Gasteiger partial charge < -0.3 is 9.73 Å². The van der Waals surface area contributed by atoms with Gasteiger partial charge in [-0.05, 0) is 18.2 Å². The van der Waals surface area contributed by atoms with E-state index in [-0.39, 0.29) is 11.8 Å². The number of hydrogen-bond acceptors (Lipinski definition) is 5. The van der Waals surface area contributed by atoms with E-state index in [0.29, 0.717) is 29.1 Å². The molecule has 7 heteroatoms. The van der Waals surface area contributed by atoms with Crippen molar-refractivity contribution >= 4 is 22.7 Å². The Bertz CT molecular complexity index is 722. The Morgan fingerprint density at radius 2 is 2.29 bits per heavy atom. The highest BCUT2D eigenvalue weighted by atomic mass is 16.6. The third kappa shape index (κ3) is 2.58. The summed E-state index contributed by atoms with van der Waals surface area (Å²) in [5, 5.41) is 13.3. The van der Waals surface area contributed by atoms with E-state index in [1.54, 1.807) is 18.2 Å². The van der Waals surface area contributed by atoms with E-state index in [2.05, 4.69) is 10.3 Å². The maximum atomic E-state index is 11.9. The summed E-state index contributed by atoms with van der Waals surface area (Å²) < 4.78 is 5.58. The maximum absolute atomic E-state index is 11.9. The Hall–Kier alpha value is -2.44. The Balaban J connectivity index is 1.75. The van der Waals surface area contributed by atoms with Crippen LogP contribution < -0.4 is 5.32 Å². The number of benzene rings is 1. The molecule has 21 heavy (non-hydrogen) atoms. The third-order valence-corrected chi connectivity index (χ3v) is 3.53. The summed E-state index contributed by atoms with van der Waals surface area (Å²) in [5.74, 6) is -0.0188. The van der Waals surface area contributed by atoms with Gasteiger partial charge in [-0.3, -0.25) is 14.9 Å². The molecule has 0 unspecified atom stereocenters. The second-order valence-electron chi connectivity index (χ2n) is 5.57. The van der Waals surface area contributed by atoms with E-state index >= 15 is 0 Å². The monoisotopic (exact) mass is 289 g/mol. The van der Waals surface area contributed by atoms with Crippen LogP contribution in [0.2, 0.25) is 0 Å². The van der Waals surface area contributed by atoms with Gasteiger partial charge in [-0.25, -0.2) is 4.98 Å². The second-order valence-corrected chi connectivity index (χ2v) is 5.57. The van der Waals surface area contributed by atoms with Gasteiger partial charge in [-0.1, -0.05) is 13.8 Å². The van der Waals surface area contributed by atoms with Crippen molar-refractivity contribution in [1.82, 2.24) is 4.98 Å². The van der Waals surface area contributed by atoms with Gasteiger partial charge in [0, 0.05) is 22.9 Å². The Kier molecular flexibility index (Phi) is 3.12. The van der Waals surface area contributed by atoms with Gasteiger partial charge >= 0.3 is 0 Å². The van der Waals surface area contributed by atoms with Crippen molar-refractivity contribution in [3.8, 4) is 0 Å². The first-order valence-corrected chi connectivity index (χ1v) is 6.80. The van der Waals surface area contributed by atoms with Crippen molar-refractivity contribution in [2.45, 2.75) is 32.2 Å². The number of aromatic nitrogens is 1. The van der Waals surface area contributed by atoms with E-state index in [1.807, 2.05) is 13.8 Å². The van der Waals surface area contributed by atoms with Gasteiger partial charge in [0.2, 0.25) is 11.9 Å². The number of carbonyl (C=O) groups is 1. The molecule has 1 amide bonds. The average molecular weight is 289 g/mol. The molecular weight excluding hydrogens is 274 g/mol. The number of fused-ring (bicyclic) bond motifs is 1. The van der Waals surface area contributed by atoms with Crippen LogP contribution >= 0.6 is 0 Å². The Morgan fingerprint density at radius 1 is 1.52 bits per heavy atom. The smallest absolute Gasteiger partial charge is 0.234 e. The molecule has 1 heterocycles. The zero-order chi connectivity index (χ0) is 15.1. The van der Waals surface area contributed by atoms with Crippen molar-refractivity contribution in [2.24, 2.45) is 5.92 Å². The summed E-state index contributed by atoms with van der Waals surface area (Å²) in [5.41, 5.74) is 1.90. The average Bonchev–Trinajstić information content (AvgIpc) is 3.12. The second kappa shape index (κ2) is 4.83. The number of hydrogen-bond donors (Lipinski definition) is 1. The van der Waals surface area contributed by atoms with Gasteiger partial charge in [0.1, 0.15) is 11.4 Å². The number of amides is 1. The summed E-state index contributed by atoms with van der Waals surface area (Å²) >= 11 is 0. The van der Waals surface area contributed by atoms with Gasteiger partial charge in [0.15, 0.2) is 11.5 Å². The SMILES string of the molecule is CC(C)c1nc2cc(NC(=O)[C@@H]3C[C@@H]3[N+](=O)[O-])ccc2o1. The predicted molar refractivity (Wildman–Crippen MR) is 75.6 cm³/mol. The molecule has 1 aromatic carbocycles. The largest absolute Gasteiger partial charge is 0.440 e. The van der Waals surface area contributed by atoms with Crippen LogP contribution in [-0.2, 0) is 4.79 Å². The minimum atomic E-state index is -0.742. The van der Waals surface area contributed by atoms with Crippen molar-refractivity contribution in [3.05, 3.63) is 34.2 Å². The molecule has 0 aliphatic heterocycles. The van der Waals surface area contributed by atoms with Crippen LogP contribution in [0.3, 0.4) is 0 Å². The minimum absolute atomic E-state index is 0.183. The lowest BCUT2D eigenvalue weighted by Gasteiger charge is -2.02. The van der Waals surface area contributed by atoms with Crippen LogP contribution in [0.25, 0.3) is 11.1 Å². The zero-order valence-corrected chi connectivity index (χ0v) is 11.7. The number of nitro groups is 1. The van der Waals surface area contributed by atoms with Crippen LogP contribution in [0, 0.1) is 16.0 Å². The van der Waals surface area contributed by atoms with Gasteiger partial charge in [-0.2, -0.15) is 0 Å². The van der Waals surface area contributed by atoms with Crippen LogP contribution in [0.4, 0.5) is 5.69 Å². The number of nitrogens with zero attached hydrogens (tertiary/aromatic N) is 2. The number of rotatable bonds is 4. The number of nitrogens with one attached hydrogen (secondary N) is 1. The van der Waals surface area contributed by atoms with E-state index in [9.17, 15) is 14.9 Å². The minimum Gasteiger partial charge on any atom is -0.440 e. The predicted octanol–water partition coefficient (Wildman–Crippen LogP) is 2.55. The summed E-state index contributed by atoms with van der Waals surface area (Å²) in [7, 11) is 0. The molecule has 0 radical (unpaired) electrons. The van der Waals surface area contributed by atoms with Crippen molar-refractivity contribution < 1.29 is 14.1 Å². The number of carbonyl (C=O) groups excluding carboxylic acids is 1. The fourth-order valence-corrected chi connectivity index (χ4v) is 2.20. The first-order chi connectivity index (χ1) is 9.95. The molecule has 7 nitrogen and oxygen atoms in total. The van der Waals surface area contributed by atoms with Crippen LogP contribution in [0.1, 0.15) is 32.1 Å². The van der Waals surface area contributed by atoms with E-state index in [0.717, 1.165) is 0 Å². The first kappa shape index (κ1) is 13.5. The van der Waals surface area contributed by atoms with Gasteiger partial charge in [-0.15, -0.1) is 0 Å². The summed E-state index contributed by atoms with van der Waals surface area (Å²) in [6.07, 6.45) is 0.308. The molecule has 1 aromatic heterocycles. The molecule has 0 bridgehead atoms. The molecule has 2 atom stereocenters. The molecule has 1 N–H and O–H groups in total. The molecule has 2 aromatic rings. The molecule has 110 valence electrons. The lowest BCUT2D eigenvalue weighted by molar-refractivity contribution is -0.497. The highest BCUT2D eigenvalue weighted by Gasteiger charge is 2.53. The van der Waals surface area contributed by atoms with Crippen molar-refractivity contribution in [3.63, 3.8) is 0 Å². The van der Waals surface area contributed by atoms with Gasteiger partial charge in [0.25, 0.3) is 0 Å². The van der Waals surface area contributed by atoms with Crippen LogP contribution in [0.5, 0.6) is 0 Å². The zero-order valence-electron chi connectivity index (χ0n) is 11.7. The van der Waals surface area contributed by atoms with E-state index < -0.39 is 16.9 Å². The lowest BCUT2D eigenvalue weighted by Crippen LogP contribution is -2.18. The number of oxazole rings is 1. The third-order valence-electron chi connectivity index (χ3n) is 3.53. The highest BCUT2D eigenvalue weighted by Crippen LogP contribution is 2.34. The van der Waals surface area contributed by atoms with Gasteiger partial charge in [0.05, 0.1) is 0 Å². The standard InChI is InChI=1S/C14H15N3O4/c1-7(2)14-16-10-5-8(3-4-12(10)21-14)15-13(18)9-6-11(9)17(19)20/h3-5,7,9,11H,6H2,1-2H3,(H,15,18)/t9-,11+/m1/s1. The fraction of sp³-hybridized carbons (Fsp3) is 0.429. The normalized spacial score (nSPS) is 20.7. The molecule has 3 rings (SSSR count). The molecule has 1 aliphatic carbocycles. The topological polar surface area (TPSA) is 98.3 Å². The first-order valence-electron chi connectivity index (χ1n) is 6.80. The molecule has 0 saturated heterocycles. The molecular formula is C14H15N3O4. The van der Waals surface area contributed by atoms with Crippen LogP contribution in [-0.4, -0.2) is 21.9 Å². The summed E-state index contributed by atoms with van der Waals surface area (Å²) in [6, 6.07) is 4.42. The van der Waals surface area contributed by atoms with Crippen molar-refractivity contribution in [2.75, 3.05) is 5.32 Å². The molecule has 0 spiro atoms. The van der Waals surface area contributed by atoms with Crippen LogP contribution in [0.15, 0.2) is 22.6 Å². The summed E-state index contributed by atoms with van der Waals surface area (Å²) in [4.78, 5) is 26.4. The van der Waals surface area contributed by atoms with E-state index in [4.69, 9.17) is 4.42 Å². The molecule has 1 aliphatic rings. The molecule has 1 fully saturated rings. The fourth-order valence-electron chi connectivity index (χ4n) is 2.20. The van der Waals surface area contributed by atoms with E-state index in [1.165, 1.54) is 0 Å². The highest BCUT2D eigenvalue weighted by molar-refractivity contribution is 5.96.